The standard InChI is InChI=1S/C34H66N2O6/c1-4-7-9-11-13-15-17-19-21-25-29-41-33(38)35-28-24-23-27-31(32(37)40-6-3)36-34(39)42-30-26-22-20-18-16-14-12-10-8-5-2/h31H,4-30H2,1-3H3,(H,35,38)(H,36,39). The van der Waals surface area contributed by atoms with Crippen LogP contribution in [0.1, 0.15) is 168 Å². The van der Waals surface area contributed by atoms with Crippen molar-refractivity contribution < 1.29 is 28.6 Å². The van der Waals surface area contributed by atoms with Gasteiger partial charge in [-0.15, -0.1) is 0 Å². The van der Waals surface area contributed by atoms with Crippen molar-refractivity contribution in [1.29, 1.82) is 0 Å². The summed E-state index contributed by atoms with van der Waals surface area (Å²) in [4.78, 5) is 36.4. The highest BCUT2D eigenvalue weighted by molar-refractivity contribution is 5.81. The summed E-state index contributed by atoms with van der Waals surface area (Å²) in [5, 5.41) is 5.41. The monoisotopic (exact) mass is 598 g/mol. The molecule has 8 nitrogen and oxygen atoms in total. The van der Waals surface area contributed by atoms with Gasteiger partial charge in [-0.1, -0.05) is 129 Å². The Hall–Kier alpha value is -1.99. The topological polar surface area (TPSA) is 103 Å². The van der Waals surface area contributed by atoms with Crippen LogP contribution in [0.5, 0.6) is 0 Å². The number of esters is 1. The second kappa shape index (κ2) is 31.9. The maximum absolute atomic E-state index is 12.3. The molecule has 42 heavy (non-hydrogen) atoms. The molecule has 1 unspecified atom stereocenters. The van der Waals surface area contributed by atoms with E-state index in [1.807, 2.05) is 0 Å². The number of carbonyl (C=O) groups is 3. The highest BCUT2D eigenvalue weighted by Crippen LogP contribution is 2.12. The largest absolute Gasteiger partial charge is 0.464 e. The molecule has 2 N–H and O–H groups in total. The van der Waals surface area contributed by atoms with E-state index in [4.69, 9.17) is 14.2 Å². The predicted octanol–water partition coefficient (Wildman–Crippen LogP) is 9.38. The lowest BCUT2D eigenvalue weighted by Crippen LogP contribution is -2.42. The second-order valence-corrected chi connectivity index (χ2v) is 11.5. The number of hydrogen-bond acceptors (Lipinski definition) is 6. The van der Waals surface area contributed by atoms with Gasteiger partial charge in [0.1, 0.15) is 6.04 Å². The number of alkyl carbamates (subject to hydrolysis) is 2. The van der Waals surface area contributed by atoms with Crippen LogP contribution in [0.2, 0.25) is 0 Å². The average Bonchev–Trinajstić information content (AvgIpc) is 2.98. The molecule has 0 saturated heterocycles. The van der Waals surface area contributed by atoms with Crippen molar-refractivity contribution in [3.05, 3.63) is 0 Å². The fraction of sp³-hybridized carbons (Fsp3) is 0.912. The molecule has 0 aromatic carbocycles. The zero-order chi connectivity index (χ0) is 30.9. The molecule has 0 heterocycles. The summed E-state index contributed by atoms with van der Waals surface area (Å²) < 4.78 is 15.7. The van der Waals surface area contributed by atoms with Crippen LogP contribution in [-0.4, -0.2) is 50.6 Å². The molecule has 0 rings (SSSR count). The van der Waals surface area contributed by atoms with Gasteiger partial charge in [-0.3, -0.25) is 0 Å². The van der Waals surface area contributed by atoms with E-state index in [9.17, 15) is 14.4 Å². The first kappa shape index (κ1) is 40.0. The summed E-state index contributed by atoms with van der Waals surface area (Å²) in [5.74, 6) is -0.461. The number of rotatable bonds is 30. The first-order valence-electron chi connectivity index (χ1n) is 17.6. The lowest BCUT2D eigenvalue weighted by molar-refractivity contribution is -0.145. The molecule has 0 aromatic rings. The van der Waals surface area contributed by atoms with Gasteiger partial charge in [0.05, 0.1) is 19.8 Å². The van der Waals surface area contributed by atoms with E-state index >= 15 is 0 Å². The molecule has 0 bridgehead atoms. The molecule has 0 aromatic heterocycles. The van der Waals surface area contributed by atoms with E-state index in [0.29, 0.717) is 39.0 Å². The molecular formula is C34H66N2O6. The number of hydrogen-bond donors (Lipinski definition) is 2. The third-order valence-electron chi connectivity index (χ3n) is 7.51. The van der Waals surface area contributed by atoms with E-state index in [0.717, 1.165) is 32.1 Å². The molecule has 0 radical (unpaired) electrons. The van der Waals surface area contributed by atoms with Crippen LogP contribution in [0.25, 0.3) is 0 Å². The smallest absolute Gasteiger partial charge is 0.407 e. The van der Waals surface area contributed by atoms with Crippen LogP contribution in [0.3, 0.4) is 0 Å². The summed E-state index contributed by atoms with van der Waals surface area (Å²) in [5.41, 5.74) is 0. The lowest BCUT2D eigenvalue weighted by Gasteiger charge is -2.17. The Morgan fingerprint density at radius 3 is 1.38 bits per heavy atom. The minimum atomic E-state index is -0.756. The summed E-state index contributed by atoms with van der Waals surface area (Å²) in [6, 6.07) is -0.756. The number of nitrogens with one attached hydrogen (secondary N) is 2. The van der Waals surface area contributed by atoms with Crippen molar-refractivity contribution in [3.8, 4) is 0 Å². The zero-order valence-electron chi connectivity index (χ0n) is 27.6. The summed E-state index contributed by atoms with van der Waals surface area (Å²) in [6.45, 7) is 7.71. The van der Waals surface area contributed by atoms with Gasteiger partial charge in [-0.25, -0.2) is 14.4 Å². The molecule has 2 amide bonds. The highest BCUT2D eigenvalue weighted by Gasteiger charge is 2.22. The average molecular weight is 599 g/mol. The van der Waals surface area contributed by atoms with Crippen LogP contribution in [0.4, 0.5) is 9.59 Å². The SMILES string of the molecule is CCCCCCCCCCCCOC(=O)NCCCCC(NC(=O)OCCCCCCCCCCCC)C(=O)OCC. The van der Waals surface area contributed by atoms with Gasteiger partial charge in [-0.05, 0) is 39.0 Å². The van der Waals surface area contributed by atoms with Crippen LogP contribution < -0.4 is 10.6 Å². The fourth-order valence-corrected chi connectivity index (χ4v) is 4.90. The Morgan fingerprint density at radius 1 is 0.500 bits per heavy atom. The Labute approximate surface area is 258 Å². The molecule has 0 fully saturated rings. The maximum Gasteiger partial charge on any atom is 0.407 e. The number of carbonyl (C=O) groups excluding carboxylic acids is 3. The number of amides is 2. The Bertz CT molecular complexity index is 631. The first-order valence-corrected chi connectivity index (χ1v) is 17.6. The van der Waals surface area contributed by atoms with Crippen LogP contribution >= 0.6 is 0 Å². The summed E-state index contributed by atoms with van der Waals surface area (Å²) >= 11 is 0. The molecule has 1 atom stereocenters. The van der Waals surface area contributed by atoms with Gasteiger partial charge in [0, 0.05) is 6.54 Å². The quantitative estimate of drug-likeness (QED) is 0.0485. The highest BCUT2D eigenvalue weighted by atomic mass is 16.6. The van der Waals surface area contributed by atoms with Crippen molar-refractivity contribution in [2.24, 2.45) is 0 Å². The molecule has 0 saturated carbocycles. The third-order valence-corrected chi connectivity index (χ3v) is 7.51. The van der Waals surface area contributed by atoms with Gasteiger partial charge in [0.15, 0.2) is 0 Å². The van der Waals surface area contributed by atoms with Crippen molar-refractivity contribution in [2.45, 2.75) is 174 Å². The van der Waals surface area contributed by atoms with Crippen LogP contribution in [0.15, 0.2) is 0 Å². The summed E-state index contributed by atoms with van der Waals surface area (Å²) in [6.07, 6.45) is 25.3. The van der Waals surface area contributed by atoms with E-state index in [2.05, 4.69) is 24.5 Å². The van der Waals surface area contributed by atoms with E-state index in [1.165, 1.54) is 96.3 Å². The predicted molar refractivity (Wildman–Crippen MR) is 172 cm³/mol. The first-order chi connectivity index (χ1) is 20.5. The zero-order valence-corrected chi connectivity index (χ0v) is 27.6. The molecular weight excluding hydrogens is 532 g/mol. The van der Waals surface area contributed by atoms with Gasteiger partial charge >= 0.3 is 18.2 Å². The van der Waals surface area contributed by atoms with Crippen molar-refractivity contribution in [1.82, 2.24) is 10.6 Å². The van der Waals surface area contributed by atoms with Gasteiger partial charge in [0.25, 0.3) is 0 Å². The molecule has 0 aliphatic carbocycles. The molecule has 248 valence electrons. The number of ether oxygens (including phenoxy) is 3. The van der Waals surface area contributed by atoms with Crippen LogP contribution in [0, 0.1) is 0 Å². The minimum absolute atomic E-state index is 0.247. The van der Waals surface area contributed by atoms with Crippen LogP contribution in [-0.2, 0) is 19.0 Å². The third kappa shape index (κ3) is 28.1. The van der Waals surface area contributed by atoms with E-state index in [-0.39, 0.29) is 6.61 Å². The summed E-state index contributed by atoms with van der Waals surface area (Å²) in [7, 11) is 0. The van der Waals surface area contributed by atoms with Gasteiger partial charge in [-0.2, -0.15) is 0 Å². The minimum Gasteiger partial charge on any atom is -0.464 e. The van der Waals surface area contributed by atoms with E-state index in [1.54, 1.807) is 6.92 Å². The fourth-order valence-electron chi connectivity index (χ4n) is 4.90. The maximum atomic E-state index is 12.3. The second-order valence-electron chi connectivity index (χ2n) is 11.5. The lowest BCUT2D eigenvalue weighted by atomic mass is 10.1. The normalized spacial score (nSPS) is 11.6. The van der Waals surface area contributed by atoms with E-state index < -0.39 is 24.2 Å². The Balaban J connectivity index is 3.85. The van der Waals surface area contributed by atoms with Gasteiger partial charge in [0.2, 0.25) is 0 Å². The van der Waals surface area contributed by atoms with Gasteiger partial charge < -0.3 is 24.8 Å². The van der Waals surface area contributed by atoms with Crippen molar-refractivity contribution in [2.75, 3.05) is 26.4 Å². The molecule has 8 heteroatoms. The number of unbranched alkanes of at least 4 members (excludes halogenated alkanes) is 19. The van der Waals surface area contributed by atoms with Crippen molar-refractivity contribution >= 4 is 18.2 Å². The Morgan fingerprint density at radius 2 is 0.929 bits per heavy atom. The Kier molecular flexibility index (Phi) is 30.4. The molecule has 0 aliphatic heterocycles. The molecule has 0 spiro atoms. The molecule has 0 aliphatic rings. The van der Waals surface area contributed by atoms with Crippen molar-refractivity contribution in [3.63, 3.8) is 0 Å².